The van der Waals surface area contributed by atoms with Crippen LogP contribution in [0.15, 0.2) is 42.5 Å². The van der Waals surface area contributed by atoms with Crippen molar-refractivity contribution >= 4 is 11.6 Å². The predicted octanol–water partition coefficient (Wildman–Crippen LogP) is 4.04. The average molecular weight is 356 g/mol. The van der Waals surface area contributed by atoms with Crippen LogP contribution in [0.25, 0.3) is 0 Å². The van der Waals surface area contributed by atoms with Gasteiger partial charge in [0.2, 0.25) is 0 Å². The summed E-state index contributed by atoms with van der Waals surface area (Å²) in [5.74, 6) is 1.31. The van der Waals surface area contributed by atoms with Gasteiger partial charge >= 0.3 is 0 Å². The number of ether oxygens (including phenoxy) is 2. The summed E-state index contributed by atoms with van der Waals surface area (Å²) in [5.41, 5.74) is 2.66. The second-order valence-corrected chi connectivity index (χ2v) is 6.21. The molecule has 2 aromatic rings. The standard InChI is InChI=1S/C21H28N2O3/c1-6-25-19-13-10-17(14-20(19)26-7-2)15(3)22-21(24)16-8-11-18(12-9-16)23(4)5/h8-15H,6-7H2,1-5H3,(H,22,24). The molecule has 0 bridgehead atoms. The molecular weight excluding hydrogens is 328 g/mol. The van der Waals surface area contributed by atoms with Crippen LogP contribution in [0.1, 0.15) is 42.7 Å². The van der Waals surface area contributed by atoms with E-state index in [4.69, 9.17) is 9.47 Å². The van der Waals surface area contributed by atoms with Gasteiger partial charge in [0.05, 0.1) is 19.3 Å². The molecule has 2 aromatic carbocycles. The van der Waals surface area contributed by atoms with Crippen LogP contribution in [-0.4, -0.2) is 33.2 Å². The fourth-order valence-electron chi connectivity index (χ4n) is 2.61. The molecule has 0 aliphatic carbocycles. The molecular formula is C21H28N2O3. The number of hydrogen-bond donors (Lipinski definition) is 1. The van der Waals surface area contributed by atoms with Crippen LogP contribution in [0.3, 0.4) is 0 Å². The minimum atomic E-state index is -0.147. The summed E-state index contributed by atoms with van der Waals surface area (Å²) < 4.78 is 11.3. The molecule has 0 spiro atoms. The predicted molar refractivity (Wildman–Crippen MR) is 105 cm³/mol. The van der Waals surface area contributed by atoms with Crippen molar-refractivity contribution < 1.29 is 14.3 Å². The van der Waals surface area contributed by atoms with Gasteiger partial charge in [0, 0.05) is 25.3 Å². The van der Waals surface area contributed by atoms with Gasteiger partial charge in [-0.05, 0) is 62.7 Å². The highest BCUT2D eigenvalue weighted by atomic mass is 16.5. The van der Waals surface area contributed by atoms with Crippen molar-refractivity contribution in [1.29, 1.82) is 0 Å². The van der Waals surface area contributed by atoms with Crippen molar-refractivity contribution in [3.8, 4) is 11.5 Å². The molecule has 140 valence electrons. The molecule has 1 N–H and O–H groups in total. The lowest BCUT2D eigenvalue weighted by Crippen LogP contribution is -2.26. The maximum atomic E-state index is 12.5. The van der Waals surface area contributed by atoms with Gasteiger partial charge < -0.3 is 19.7 Å². The molecule has 1 unspecified atom stereocenters. The number of carbonyl (C=O) groups excluding carboxylic acids is 1. The highest BCUT2D eigenvalue weighted by Crippen LogP contribution is 2.30. The monoisotopic (exact) mass is 356 g/mol. The number of benzene rings is 2. The number of carbonyl (C=O) groups is 1. The SMILES string of the molecule is CCOc1ccc(C(C)NC(=O)c2ccc(N(C)C)cc2)cc1OCC. The third kappa shape index (κ3) is 4.91. The Morgan fingerprint density at radius 1 is 1.00 bits per heavy atom. The van der Waals surface area contributed by atoms with Crippen LogP contribution in [-0.2, 0) is 0 Å². The third-order valence-corrected chi connectivity index (χ3v) is 4.06. The Morgan fingerprint density at radius 3 is 2.19 bits per heavy atom. The number of amides is 1. The zero-order valence-electron chi connectivity index (χ0n) is 16.2. The van der Waals surface area contributed by atoms with Gasteiger partial charge in [0.15, 0.2) is 11.5 Å². The van der Waals surface area contributed by atoms with Crippen LogP contribution < -0.4 is 19.7 Å². The molecule has 0 saturated heterocycles. The van der Waals surface area contributed by atoms with E-state index in [1.165, 1.54) is 0 Å². The van der Waals surface area contributed by atoms with E-state index in [0.29, 0.717) is 24.5 Å². The quantitative estimate of drug-likeness (QED) is 0.775. The summed E-state index contributed by atoms with van der Waals surface area (Å²) in [4.78, 5) is 14.5. The van der Waals surface area contributed by atoms with Crippen LogP contribution in [0, 0.1) is 0 Å². The van der Waals surface area contributed by atoms with Crippen molar-refractivity contribution in [3.63, 3.8) is 0 Å². The summed E-state index contributed by atoms with van der Waals surface area (Å²) in [6, 6.07) is 13.2. The summed E-state index contributed by atoms with van der Waals surface area (Å²) in [5, 5.41) is 3.03. The fraction of sp³-hybridized carbons (Fsp3) is 0.381. The highest BCUT2D eigenvalue weighted by molar-refractivity contribution is 5.94. The van der Waals surface area contributed by atoms with Gasteiger partial charge in [0.25, 0.3) is 5.91 Å². The fourth-order valence-corrected chi connectivity index (χ4v) is 2.61. The average Bonchev–Trinajstić information content (AvgIpc) is 2.63. The number of nitrogens with zero attached hydrogens (tertiary/aromatic N) is 1. The second-order valence-electron chi connectivity index (χ2n) is 6.21. The zero-order chi connectivity index (χ0) is 19.1. The smallest absolute Gasteiger partial charge is 0.251 e. The first kappa shape index (κ1) is 19.6. The van der Waals surface area contributed by atoms with E-state index in [0.717, 1.165) is 17.0 Å². The van der Waals surface area contributed by atoms with E-state index in [1.54, 1.807) is 0 Å². The van der Waals surface area contributed by atoms with Crippen LogP contribution in [0.4, 0.5) is 5.69 Å². The van der Waals surface area contributed by atoms with Gasteiger partial charge in [-0.1, -0.05) is 6.07 Å². The van der Waals surface area contributed by atoms with Crippen LogP contribution in [0.2, 0.25) is 0 Å². The van der Waals surface area contributed by atoms with Gasteiger partial charge in [-0.25, -0.2) is 0 Å². The Labute approximate surface area is 155 Å². The molecule has 5 nitrogen and oxygen atoms in total. The Balaban J connectivity index is 2.11. The number of anilines is 1. The first-order valence-corrected chi connectivity index (χ1v) is 8.94. The largest absolute Gasteiger partial charge is 0.490 e. The maximum Gasteiger partial charge on any atom is 0.251 e. The molecule has 0 aliphatic heterocycles. The van der Waals surface area contributed by atoms with Gasteiger partial charge in [-0.15, -0.1) is 0 Å². The van der Waals surface area contributed by atoms with Crippen molar-refractivity contribution in [2.24, 2.45) is 0 Å². The molecule has 5 heteroatoms. The molecule has 0 fully saturated rings. The van der Waals surface area contributed by atoms with Crippen molar-refractivity contribution in [3.05, 3.63) is 53.6 Å². The Hall–Kier alpha value is -2.69. The summed E-state index contributed by atoms with van der Waals surface area (Å²) in [6.07, 6.45) is 0. The molecule has 0 aliphatic rings. The van der Waals surface area contributed by atoms with Crippen LogP contribution in [0.5, 0.6) is 11.5 Å². The molecule has 0 radical (unpaired) electrons. The molecule has 0 saturated carbocycles. The highest BCUT2D eigenvalue weighted by Gasteiger charge is 2.14. The lowest BCUT2D eigenvalue weighted by molar-refractivity contribution is 0.0940. The van der Waals surface area contributed by atoms with Crippen molar-refractivity contribution in [2.45, 2.75) is 26.8 Å². The van der Waals surface area contributed by atoms with Gasteiger partial charge in [-0.3, -0.25) is 4.79 Å². The topological polar surface area (TPSA) is 50.8 Å². The van der Waals surface area contributed by atoms with E-state index < -0.39 is 0 Å². The maximum absolute atomic E-state index is 12.5. The van der Waals surface area contributed by atoms with E-state index in [2.05, 4.69) is 5.32 Å². The van der Waals surface area contributed by atoms with E-state index >= 15 is 0 Å². The molecule has 0 aromatic heterocycles. The summed E-state index contributed by atoms with van der Waals surface area (Å²) in [6.45, 7) is 6.97. The minimum absolute atomic E-state index is 0.102. The molecule has 26 heavy (non-hydrogen) atoms. The lowest BCUT2D eigenvalue weighted by atomic mass is 10.1. The molecule has 1 atom stereocenters. The molecule has 1 amide bonds. The minimum Gasteiger partial charge on any atom is -0.490 e. The lowest BCUT2D eigenvalue weighted by Gasteiger charge is -2.18. The third-order valence-electron chi connectivity index (χ3n) is 4.06. The number of nitrogens with one attached hydrogen (secondary N) is 1. The van der Waals surface area contributed by atoms with Crippen molar-refractivity contribution in [1.82, 2.24) is 5.32 Å². The second kappa shape index (κ2) is 9.13. The Kier molecular flexibility index (Phi) is 6.89. The normalized spacial score (nSPS) is 11.6. The Morgan fingerprint density at radius 2 is 1.62 bits per heavy atom. The number of hydrogen-bond acceptors (Lipinski definition) is 4. The summed E-state index contributed by atoms with van der Waals surface area (Å²) >= 11 is 0. The molecule has 0 heterocycles. The first-order chi connectivity index (χ1) is 12.5. The van der Waals surface area contributed by atoms with E-state index in [9.17, 15) is 4.79 Å². The number of rotatable bonds is 8. The van der Waals surface area contributed by atoms with Gasteiger partial charge in [0.1, 0.15) is 0 Å². The summed E-state index contributed by atoms with van der Waals surface area (Å²) in [7, 11) is 3.94. The molecule has 2 rings (SSSR count). The Bertz CT molecular complexity index is 727. The van der Waals surface area contributed by atoms with Gasteiger partial charge in [-0.2, -0.15) is 0 Å². The van der Waals surface area contributed by atoms with E-state index in [-0.39, 0.29) is 11.9 Å². The van der Waals surface area contributed by atoms with E-state index in [1.807, 2.05) is 82.2 Å². The van der Waals surface area contributed by atoms with Crippen LogP contribution >= 0.6 is 0 Å². The zero-order valence-corrected chi connectivity index (χ0v) is 16.2. The first-order valence-electron chi connectivity index (χ1n) is 8.94. The van der Waals surface area contributed by atoms with Crippen molar-refractivity contribution in [2.75, 3.05) is 32.2 Å².